The monoisotopic (exact) mass is 445 g/mol. The quantitative estimate of drug-likeness (QED) is 0.436. The Bertz CT molecular complexity index is 1050. The van der Waals surface area contributed by atoms with E-state index in [2.05, 4.69) is 37.2 Å². The third-order valence-electron chi connectivity index (χ3n) is 3.76. The highest BCUT2D eigenvalue weighted by Crippen LogP contribution is 2.34. The largest absolute Gasteiger partial charge is 0.453 e. The fraction of sp³-hybridized carbons (Fsp3) is 0. The number of ketones is 1. The fourth-order valence-corrected chi connectivity index (χ4v) is 3.38. The number of carbonyl (C=O) groups is 2. The number of amides is 1. The van der Waals surface area contributed by atoms with Crippen LogP contribution in [0.4, 0.5) is 5.69 Å². The first kappa shape index (κ1) is 15.4. The maximum Gasteiger partial charge on any atom is 0.256 e. The molecule has 3 aromatic rings. The van der Waals surface area contributed by atoms with Crippen LogP contribution in [-0.4, -0.2) is 11.7 Å². The number of furan rings is 1. The summed E-state index contributed by atoms with van der Waals surface area (Å²) in [6, 6.07) is 12.6. The van der Waals surface area contributed by atoms with E-state index in [1.54, 1.807) is 18.2 Å². The van der Waals surface area contributed by atoms with Gasteiger partial charge >= 0.3 is 0 Å². The zero-order valence-electron chi connectivity index (χ0n) is 12.1. The Kier molecular flexibility index (Phi) is 3.66. The average molecular weight is 447 g/mol. The van der Waals surface area contributed by atoms with Gasteiger partial charge in [-0.25, -0.2) is 0 Å². The van der Waals surface area contributed by atoms with Crippen molar-refractivity contribution in [3.8, 4) is 0 Å². The maximum atomic E-state index is 12.5. The van der Waals surface area contributed by atoms with Crippen LogP contribution in [0.25, 0.3) is 16.5 Å². The van der Waals surface area contributed by atoms with Gasteiger partial charge in [0, 0.05) is 31.7 Å². The molecule has 0 unspecified atom stereocenters. The second-order valence-electron chi connectivity index (χ2n) is 5.36. The zero-order chi connectivity index (χ0) is 16.8. The highest BCUT2D eigenvalue weighted by molar-refractivity contribution is 9.10. The lowest BCUT2D eigenvalue weighted by Crippen LogP contribution is -2.05. The number of rotatable bonds is 2. The highest BCUT2D eigenvalue weighted by Gasteiger charge is 2.26. The molecule has 0 aliphatic carbocycles. The van der Waals surface area contributed by atoms with Crippen molar-refractivity contribution < 1.29 is 14.0 Å². The van der Waals surface area contributed by atoms with E-state index in [1.807, 2.05) is 24.3 Å². The number of allylic oxidation sites excluding steroid dienone is 1. The van der Waals surface area contributed by atoms with Gasteiger partial charge in [-0.15, -0.1) is 0 Å². The summed E-state index contributed by atoms with van der Waals surface area (Å²) in [6.07, 6.45) is 1.32. The van der Waals surface area contributed by atoms with Crippen LogP contribution < -0.4 is 5.32 Å². The van der Waals surface area contributed by atoms with Gasteiger partial charge in [0.1, 0.15) is 5.58 Å². The van der Waals surface area contributed by atoms with Crippen LogP contribution in [0.2, 0.25) is 0 Å². The van der Waals surface area contributed by atoms with E-state index in [0.717, 1.165) is 14.3 Å². The number of fused-ring (bicyclic) bond motifs is 2. The predicted octanol–water partition coefficient (Wildman–Crippen LogP) is 5.18. The predicted molar refractivity (Wildman–Crippen MR) is 99.0 cm³/mol. The van der Waals surface area contributed by atoms with Crippen LogP contribution in [0.1, 0.15) is 16.1 Å². The number of hydrogen-bond donors (Lipinski definition) is 1. The lowest BCUT2D eigenvalue weighted by molar-refractivity contribution is -0.110. The van der Waals surface area contributed by atoms with E-state index < -0.39 is 0 Å². The molecule has 0 spiro atoms. The van der Waals surface area contributed by atoms with Crippen LogP contribution in [0.15, 0.2) is 61.9 Å². The minimum absolute atomic E-state index is 0.201. The molecule has 118 valence electrons. The van der Waals surface area contributed by atoms with Gasteiger partial charge in [-0.3, -0.25) is 9.59 Å². The lowest BCUT2D eigenvalue weighted by atomic mass is 10.1. The molecule has 1 N–H and O–H groups in total. The third kappa shape index (κ3) is 2.61. The molecule has 0 atom stereocenters. The summed E-state index contributed by atoms with van der Waals surface area (Å²) in [6.45, 7) is 0. The molecule has 0 fully saturated rings. The first-order valence-corrected chi connectivity index (χ1v) is 8.66. The second-order valence-corrected chi connectivity index (χ2v) is 7.19. The first-order valence-electron chi connectivity index (χ1n) is 7.08. The first-order chi connectivity index (χ1) is 11.5. The van der Waals surface area contributed by atoms with Gasteiger partial charge in [-0.2, -0.15) is 0 Å². The number of carbonyl (C=O) groups excluding carboxylic acids is 2. The summed E-state index contributed by atoms with van der Waals surface area (Å²) in [7, 11) is 0. The Hall–Kier alpha value is -2.18. The molecular formula is C18H9Br2NO3. The molecular weight excluding hydrogens is 438 g/mol. The van der Waals surface area contributed by atoms with Gasteiger partial charge in [0.15, 0.2) is 5.76 Å². The molecule has 1 aromatic heterocycles. The van der Waals surface area contributed by atoms with E-state index in [9.17, 15) is 9.59 Å². The van der Waals surface area contributed by atoms with Gasteiger partial charge in [0.25, 0.3) is 5.91 Å². The Morgan fingerprint density at radius 1 is 1.04 bits per heavy atom. The topological polar surface area (TPSA) is 59.3 Å². The molecule has 1 aliphatic rings. The molecule has 2 aromatic carbocycles. The van der Waals surface area contributed by atoms with E-state index in [4.69, 9.17) is 4.42 Å². The van der Waals surface area contributed by atoms with Crippen LogP contribution in [0.5, 0.6) is 0 Å². The summed E-state index contributed by atoms with van der Waals surface area (Å²) >= 11 is 6.77. The molecule has 4 nitrogen and oxygen atoms in total. The molecule has 0 saturated heterocycles. The number of halogens is 2. The summed E-state index contributed by atoms with van der Waals surface area (Å²) in [5.74, 6) is -0.442. The van der Waals surface area contributed by atoms with Crippen LogP contribution >= 0.6 is 31.9 Å². The van der Waals surface area contributed by atoms with Crippen molar-refractivity contribution in [1.29, 1.82) is 0 Å². The summed E-state index contributed by atoms with van der Waals surface area (Å²) in [4.78, 5) is 24.7. The van der Waals surface area contributed by atoms with Crippen molar-refractivity contribution in [2.45, 2.75) is 0 Å². The Labute approximate surface area is 153 Å². The fourth-order valence-electron chi connectivity index (χ4n) is 2.64. The summed E-state index contributed by atoms with van der Waals surface area (Å²) < 4.78 is 7.33. The van der Waals surface area contributed by atoms with Crippen molar-refractivity contribution in [3.63, 3.8) is 0 Å². The van der Waals surface area contributed by atoms with Gasteiger partial charge in [-0.05, 0) is 42.5 Å². The van der Waals surface area contributed by atoms with Gasteiger partial charge < -0.3 is 9.73 Å². The number of anilines is 1. The van der Waals surface area contributed by atoms with Crippen molar-refractivity contribution in [2.75, 3.05) is 5.32 Å². The second kappa shape index (κ2) is 5.72. The van der Waals surface area contributed by atoms with E-state index >= 15 is 0 Å². The van der Waals surface area contributed by atoms with E-state index in [1.165, 1.54) is 6.08 Å². The van der Waals surface area contributed by atoms with Crippen LogP contribution in [0.3, 0.4) is 0 Å². The lowest BCUT2D eigenvalue weighted by Gasteiger charge is -1.98. The van der Waals surface area contributed by atoms with Gasteiger partial charge in [0.05, 0.1) is 5.57 Å². The van der Waals surface area contributed by atoms with Gasteiger partial charge in [-0.1, -0.05) is 31.9 Å². The van der Waals surface area contributed by atoms with Crippen LogP contribution in [-0.2, 0) is 4.79 Å². The van der Waals surface area contributed by atoms with E-state index in [0.29, 0.717) is 22.4 Å². The molecule has 4 rings (SSSR count). The maximum absolute atomic E-state index is 12.5. The average Bonchev–Trinajstić information content (AvgIpc) is 3.09. The molecule has 2 heterocycles. The molecule has 6 heteroatoms. The SMILES string of the molecule is O=C1Nc2ccc(Br)cc2/C1=C/C(=O)c1cc2cc(Br)ccc2o1. The minimum Gasteiger partial charge on any atom is -0.453 e. The van der Waals surface area contributed by atoms with Gasteiger partial charge in [0.2, 0.25) is 5.78 Å². The minimum atomic E-state index is -0.347. The smallest absolute Gasteiger partial charge is 0.256 e. The van der Waals surface area contributed by atoms with E-state index in [-0.39, 0.29) is 17.5 Å². The molecule has 1 aliphatic heterocycles. The zero-order valence-corrected chi connectivity index (χ0v) is 15.3. The number of hydrogen-bond acceptors (Lipinski definition) is 3. The van der Waals surface area contributed by atoms with Crippen molar-refractivity contribution in [2.24, 2.45) is 0 Å². The number of benzene rings is 2. The summed E-state index contributed by atoms with van der Waals surface area (Å²) in [5.41, 5.74) is 2.34. The number of nitrogens with one attached hydrogen (secondary N) is 1. The molecule has 1 amide bonds. The normalized spacial score (nSPS) is 14.9. The Morgan fingerprint density at radius 2 is 1.79 bits per heavy atom. The third-order valence-corrected chi connectivity index (χ3v) is 4.75. The standard InChI is InChI=1S/C18H9Br2NO3/c19-10-2-4-16-9(5-10)6-17(24-16)15(22)8-13-12-7-11(20)1-3-14(12)21-18(13)23/h1-8H,(H,21,23)/b13-8-. The van der Waals surface area contributed by atoms with Crippen molar-refractivity contribution in [1.82, 2.24) is 0 Å². The van der Waals surface area contributed by atoms with Crippen molar-refractivity contribution in [3.05, 3.63) is 68.8 Å². The molecule has 0 saturated carbocycles. The van der Waals surface area contributed by atoms with Crippen LogP contribution in [0, 0.1) is 0 Å². The molecule has 24 heavy (non-hydrogen) atoms. The summed E-state index contributed by atoms with van der Waals surface area (Å²) in [5, 5.41) is 3.57. The molecule has 0 bridgehead atoms. The van der Waals surface area contributed by atoms with Crippen molar-refractivity contribution >= 4 is 65.8 Å². The Balaban J connectivity index is 1.76. The Morgan fingerprint density at radius 3 is 2.62 bits per heavy atom. The molecule has 0 radical (unpaired) electrons. The highest BCUT2D eigenvalue weighted by atomic mass is 79.9.